The molecule has 0 saturated carbocycles. The van der Waals surface area contributed by atoms with Crippen LogP contribution in [-0.2, 0) is 7.05 Å². The number of halogens is 1. The van der Waals surface area contributed by atoms with Gasteiger partial charge in [-0.05, 0) is 25.0 Å². The van der Waals surface area contributed by atoms with E-state index in [4.69, 9.17) is 9.47 Å². The number of rotatable bonds is 7. The summed E-state index contributed by atoms with van der Waals surface area (Å²) in [7, 11) is 1.93. The summed E-state index contributed by atoms with van der Waals surface area (Å²) in [4.78, 5) is 0. The minimum atomic E-state index is -0.261. The molecule has 0 unspecified atom stereocenters. The number of aromatic nitrogens is 3. The minimum Gasteiger partial charge on any atom is -0.485 e. The molecule has 5 nitrogen and oxygen atoms in total. The normalized spacial score (nSPS) is 16.5. The summed E-state index contributed by atoms with van der Waals surface area (Å²) in [6.07, 6.45) is 2.26. The van der Waals surface area contributed by atoms with E-state index < -0.39 is 0 Å². The van der Waals surface area contributed by atoms with Crippen LogP contribution in [0.2, 0.25) is 0 Å². The summed E-state index contributed by atoms with van der Waals surface area (Å²) in [5.41, 5.74) is 0. The highest BCUT2D eigenvalue weighted by Gasteiger charge is 2.27. The maximum absolute atomic E-state index is 12.1. The van der Waals surface area contributed by atoms with Crippen molar-refractivity contribution in [3.05, 3.63) is 30.1 Å². The second-order valence-electron chi connectivity index (χ2n) is 5.36. The largest absolute Gasteiger partial charge is 0.485 e. The number of benzene rings is 1. The first kappa shape index (κ1) is 16.1. The van der Waals surface area contributed by atoms with Crippen molar-refractivity contribution in [2.45, 2.75) is 30.5 Å². The molecule has 0 N–H and O–H groups in total. The van der Waals surface area contributed by atoms with Crippen LogP contribution in [0.3, 0.4) is 0 Å². The van der Waals surface area contributed by atoms with Crippen LogP contribution < -0.4 is 9.47 Å². The van der Waals surface area contributed by atoms with Gasteiger partial charge in [0.2, 0.25) is 0 Å². The van der Waals surface area contributed by atoms with Gasteiger partial charge in [-0.15, -0.1) is 10.2 Å². The highest BCUT2D eigenvalue weighted by Crippen LogP contribution is 2.35. The topological polar surface area (TPSA) is 49.2 Å². The second kappa shape index (κ2) is 7.68. The van der Waals surface area contributed by atoms with Gasteiger partial charge in [-0.25, -0.2) is 0 Å². The van der Waals surface area contributed by atoms with E-state index in [1.54, 1.807) is 11.8 Å². The van der Waals surface area contributed by atoms with Gasteiger partial charge < -0.3 is 14.0 Å². The lowest BCUT2D eigenvalue weighted by atomic mass is 10.2. The van der Waals surface area contributed by atoms with Gasteiger partial charge in [-0.3, -0.25) is 4.39 Å². The lowest BCUT2D eigenvalue weighted by molar-refractivity contribution is 0.0825. The van der Waals surface area contributed by atoms with Crippen LogP contribution in [0.1, 0.15) is 31.2 Å². The maximum atomic E-state index is 12.1. The fraction of sp³-hybridized carbons (Fsp3) is 0.500. The standard InChI is InChI=1S/C16H20FN3O2S/c1-20-15(18-19-16(20)23-10-6-2-5-9-17)14-11-21-12-7-3-4-8-13(12)22-14/h3-4,7-8,14H,2,5-6,9-11H2,1H3/t14-/m0/s1. The van der Waals surface area contributed by atoms with Gasteiger partial charge in [0.25, 0.3) is 0 Å². The fourth-order valence-electron chi connectivity index (χ4n) is 2.42. The molecule has 1 atom stereocenters. The van der Waals surface area contributed by atoms with Crippen molar-refractivity contribution in [3.63, 3.8) is 0 Å². The first-order chi connectivity index (χ1) is 11.3. The first-order valence-corrected chi connectivity index (χ1v) is 8.74. The number of ether oxygens (including phenoxy) is 2. The molecule has 2 heterocycles. The Morgan fingerprint density at radius 2 is 2.04 bits per heavy atom. The van der Waals surface area contributed by atoms with Crippen molar-refractivity contribution in [1.82, 2.24) is 14.8 Å². The van der Waals surface area contributed by atoms with Gasteiger partial charge in [0, 0.05) is 12.8 Å². The van der Waals surface area contributed by atoms with Gasteiger partial charge >= 0.3 is 0 Å². The molecule has 124 valence electrons. The molecular weight excluding hydrogens is 317 g/mol. The molecule has 0 radical (unpaired) electrons. The number of hydrogen-bond acceptors (Lipinski definition) is 5. The quantitative estimate of drug-likeness (QED) is 0.571. The Balaban J connectivity index is 1.61. The molecular formula is C16H20FN3O2S. The Bertz CT molecular complexity index is 650. The minimum absolute atomic E-state index is 0.237. The molecule has 1 aliphatic heterocycles. The smallest absolute Gasteiger partial charge is 0.192 e. The van der Waals surface area contributed by atoms with E-state index in [2.05, 4.69) is 10.2 Å². The molecule has 0 fully saturated rings. The zero-order valence-corrected chi connectivity index (χ0v) is 13.9. The zero-order chi connectivity index (χ0) is 16.1. The summed E-state index contributed by atoms with van der Waals surface area (Å²) >= 11 is 1.64. The Labute approximate surface area is 139 Å². The van der Waals surface area contributed by atoms with Gasteiger partial charge in [0.1, 0.15) is 6.61 Å². The molecule has 7 heteroatoms. The molecule has 23 heavy (non-hydrogen) atoms. The lowest BCUT2D eigenvalue weighted by Gasteiger charge is -2.25. The number of thioether (sulfide) groups is 1. The van der Waals surface area contributed by atoms with Crippen molar-refractivity contribution < 1.29 is 13.9 Å². The summed E-state index contributed by atoms with van der Waals surface area (Å²) in [6, 6.07) is 7.61. The van der Waals surface area contributed by atoms with Crippen LogP contribution in [0.5, 0.6) is 11.5 Å². The van der Waals surface area contributed by atoms with Gasteiger partial charge in [-0.2, -0.15) is 0 Å². The molecule has 0 bridgehead atoms. The van der Waals surface area contributed by atoms with Crippen LogP contribution >= 0.6 is 11.8 Å². The van der Waals surface area contributed by atoms with Crippen molar-refractivity contribution in [2.75, 3.05) is 19.0 Å². The monoisotopic (exact) mass is 337 g/mol. The summed E-state index contributed by atoms with van der Waals surface area (Å²) in [6.45, 7) is 0.184. The Hall–Kier alpha value is -1.76. The predicted molar refractivity (Wildman–Crippen MR) is 86.9 cm³/mol. The first-order valence-electron chi connectivity index (χ1n) is 7.76. The third-order valence-electron chi connectivity index (χ3n) is 3.67. The number of para-hydroxylation sites is 2. The Morgan fingerprint density at radius 3 is 2.87 bits per heavy atom. The zero-order valence-electron chi connectivity index (χ0n) is 13.1. The Kier molecular flexibility index (Phi) is 5.38. The maximum Gasteiger partial charge on any atom is 0.192 e. The average molecular weight is 337 g/mol. The van der Waals surface area contributed by atoms with Crippen LogP contribution in [0.25, 0.3) is 0 Å². The molecule has 1 aliphatic rings. The van der Waals surface area contributed by atoms with E-state index in [0.717, 1.165) is 41.1 Å². The van der Waals surface area contributed by atoms with Crippen molar-refractivity contribution >= 4 is 11.8 Å². The summed E-state index contributed by atoms with van der Waals surface area (Å²) in [5.74, 6) is 3.16. The molecule has 0 saturated heterocycles. The highest BCUT2D eigenvalue weighted by atomic mass is 32.2. The van der Waals surface area contributed by atoms with Crippen LogP contribution in [0.4, 0.5) is 4.39 Å². The molecule has 3 rings (SSSR count). The molecule has 0 aliphatic carbocycles. The molecule has 1 aromatic carbocycles. The van der Waals surface area contributed by atoms with Crippen LogP contribution in [0, 0.1) is 0 Å². The van der Waals surface area contributed by atoms with Gasteiger partial charge in [-0.1, -0.05) is 30.3 Å². The van der Waals surface area contributed by atoms with Crippen LogP contribution in [-0.4, -0.2) is 33.8 Å². The van der Waals surface area contributed by atoms with Crippen molar-refractivity contribution in [1.29, 1.82) is 0 Å². The SMILES string of the molecule is Cn1c(SCCCCCF)nnc1[C@@H]1COc2ccccc2O1. The lowest BCUT2D eigenvalue weighted by Crippen LogP contribution is -2.24. The third-order valence-corrected chi connectivity index (χ3v) is 4.78. The van der Waals surface area contributed by atoms with E-state index in [0.29, 0.717) is 13.0 Å². The molecule has 2 aromatic rings. The highest BCUT2D eigenvalue weighted by molar-refractivity contribution is 7.99. The van der Waals surface area contributed by atoms with E-state index in [1.807, 2.05) is 35.9 Å². The molecule has 0 amide bonds. The van der Waals surface area contributed by atoms with Gasteiger partial charge in [0.15, 0.2) is 28.6 Å². The number of unbranched alkanes of at least 4 members (excludes halogenated alkanes) is 2. The number of fused-ring (bicyclic) bond motifs is 1. The summed E-state index contributed by atoms with van der Waals surface area (Å²) in [5, 5.41) is 9.34. The number of alkyl halides is 1. The predicted octanol–water partition coefficient (Wildman–Crippen LogP) is 3.56. The van der Waals surface area contributed by atoms with Crippen molar-refractivity contribution in [2.24, 2.45) is 7.05 Å². The van der Waals surface area contributed by atoms with Crippen LogP contribution in [0.15, 0.2) is 29.4 Å². The Morgan fingerprint density at radius 1 is 1.22 bits per heavy atom. The number of nitrogens with zero attached hydrogens (tertiary/aromatic N) is 3. The van der Waals surface area contributed by atoms with Crippen molar-refractivity contribution in [3.8, 4) is 11.5 Å². The average Bonchev–Trinajstić information content (AvgIpc) is 2.95. The van der Waals surface area contributed by atoms with E-state index >= 15 is 0 Å². The molecule has 0 spiro atoms. The van der Waals surface area contributed by atoms with Gasteiger partial charge in [0.05, 0.1) is 6.67 Å². The summed E-state index contributed by atoms with van der Waals surface area (Å²) < 4.78 is 25.7. The molecule has 1 aromatic heterocycles. The fourth-order valence-corrected chi connectivity index (χ4v) is 3.33. The second-order valence-corrected chi connectivity index (χ2v) is 6.42. The van der Waals surface area contributed by atoms with E-state index in [1.165, 1.54) is 0 Å². The van der Waals surface area contributed by atoms with E-state index in [9.17, 15) is 4.39 Å². The number of hydrogen-bond donors (Lipinski definition) is 0. The third kappa shape index (κ3) is 3.77. The van der Waals surface area contributed by atoms with E-state index in [-0.39, 0.29) is 12.8 Å².